The van der Waals surface area contributed by atoms with Crippen LogP contribution in [0.1, 0.15) is 25.8 Å². The number of amides is 1. The number of phenols is 1. The standard InChI is InChI=1S/C14H19NO2/c1-10(11(2)14(15)17)4-3-5-12-6-8-13(16)9-7-12/h4,6-9,11,16H,3,5H2,1-2H3,(H2,15,17)/b10-4+. The molecule has 0 aliphatic heterocycles. The van der Waals surface area contributed by atoms with Crippen LogP contribution in [0.3, 0.4) is 0 Å². The molecule has 0 fully saturated rings. The lowest BCUT2D eigenvalue weighted by molar-refractivity contribution is -0.120. The van der Waals surface area contributed by atoms with Gasteiger partial charge in [0, 0.05) is 0 Å². The Morgan fingerprint density at radius 2 is 2.00 bits per heavy atom. The van der Waals surface area contributed by atoms with Gasteiger partial charge >= 0.3 is 0 Å². The molecule has 1 atom stereocenters. The van der Waals surface area contributed by atoms with Gasteiger partial charge in [0.1, 0.15) is 5.75 Å². The van der Waals surface area contributed by atoms with E-state index in [1.807, 2.05) is 32.1 Å². The Morgan fingerprint density at radius 1 is 1.41 bits per heavy atom. The first-order valence-corrected chi connectivity index (χ1v) is 5.74. The number of carbonyl (C=O) groups excluding carboxylic acids is 1. The zero-order chi connectivity index (χ0) is 12.8. The summed E-state index contributed by atoms with van der Waals surface area (Å²) in [4.78, 5) is 11.0. The highest BCUT2D eigenvalue weighted by Crippen LogP contribution is 2.14. The number of carbonyl (C=O) groups is 1. The van der Waals surface area contributed by atoms with Crippen LogP contribution >= 0.6 is 0 Å². The van der Waals surface area contributed by atoms with Crippen LogP contribution in [-0.2, 0) is 11.2 Å². The van der Waals surface area contributed by atoms with Gasteiger partial charge < -0.3 is 10.8 Å². The predicted molar refractivity (Wildman–Crippen MR) is 68.5 cm³/mol. The van der Waals surface area contributed by atoms with Crippen molar-refractivity contribution >= 4 is 5.91 Å². The molecule has 0 saturated heterocycles. The lowest BCUT2D eigenvalue weighted by Crippen LogP contribution is -2.21. The van der Waals surface area contributed by atoms with E-state index in [0.717, 1.165) is 18.4 Å². The second-order valence-electron chi connectivity index (χ2n) is 4.28. The van der Waals surface area contributed by atoms with Crippen molar-refractivity contribution in [3.05, 3.63) is 41.5 Å². The fraction of sp³-hybridized carbons (Fsp3) is 0.357. The molecule has 3 N–H and O–H groups in total. The third kappa shape index (κ3) is 4.31. The zero-order valence-electron chi connectivity index (χ0n) is 10.3. The first-order chi connectivity index (χ1) is 8.00. The van der Waals surface area contributed by atoms with Crippen LogP contribution in [0.25, 0.3) is 0 Å². The first kappa shape index (κ1) is 13.3. The molecule has 1 aromatic rings. The quantitative estimate of drug-likeness (QED) is 0.767. The van der Waals surface area contributed by atoms with E-state index in [2.05, 4.69) is 0 Å². The number of hydrogen-bond donors (Lipinski definition) is 2. The Labute approximate surface area is 102 Å². The van der Waals surface area contributed by atoms with Crippen molar-refractivity contribution in [2.45, 2.75) is 26.7 Å². The van der Waals surface area contributed by atoms with Crippen LogP contribution in [0, 0.1) is 5.92 Å². The summed E-state index contributed by atoms with van der Waals surface area (Å²) >= 11 is 0. The van der Waals surface area contributed by atoms with Crippen LogP contribution in [0.4, 0.5) is 0 Å². The molecular weight excluding hydrogens is 214 g/mol. The molecule has 0 aliphatic rings. The minimum absolute atomic E-state index is 0.199. The fourth-order valence-corrected chi connectivity index (χ4v) is 1.53. The van der Waals surface area contributed by atoms with Crippen molar-refractivity contribution in [1.82, 2.24) is 0 Å². The summed E-state index contributed by atoms with van der Waals surface area (Å²) in [6.07, 6.45) is 3.81. The van der Waals surface area contributed by atoms with Gasteiger partial charge in [-0.05, 0) is 44.4 Å². The SMILES string of the molecule is C/C(=C\CCc1ccc(O)cc1)C(C)C(N)=O. The summed E-state index contributed by atoms with van der Waals surface area (Å²) in [6, 6.07) is 7.15. The highest BCUT2D eigenvalue weighted by atomic mass is 16.3. The van der Waals surface area contributed by atoms with E-state index >= 15 is 0 Å². The maximum absolute atomic E-state index is 11.0. The molecule has 0 aliphatic carbocycles. The largest absolute Gasteiger partial charge is 0.508 e. The number of allylic oxidation sites excluding steroid dienone is 1. The molecule has 0 radical (unpaired) electrons. The van der Waals surface area contributed by atoms with Gasteiger partial charge in [-0.2, -0.15) is 0 Å². The second kappa shape index (κ2) is 6.09. The molecule has 3 heteroatoms. The molecule has 1 unspecified atom stereocenters. The number of nitrogens with two attached hydrogens (primary N) is 1. The van der Waals surface area contributed by atoms with Gasteiger partial charge in [0.05, 0.1) is 5.92 Å². The molecule has 0 spiro atoms. The monoisotopic (exact) mass is 233 g/mol. The third-order valence-corrected chi connectivity index (χ3v) is 2.95. The average molecular weight is 233 g/mol. The lowest BCUT2D eigenvalue weighted by Gasteiger charge is -2.07. The van der Waals surface area contributed by atoms with Gasteiger partial charge in [-0.3, -0.25) is 4.79 Å². The lowest BCUT2D eigenvalue weighted by atomic mass is 10.00. The number of aryl methyl sites for hydroxylation is 1. The Kier molecular flexibility index (Phi) is 4.76. The summed E-state index contributed by atoms with van der Waals surface area (Å²) in [5.41, 5.74) is 7.40. The summed E-state index contributed by atoms with van der Waals surface area (Å²) in [5.74, 6) is -0.207. The van der Waals surface area contributed by atoms with Gasteiger partial charge in [0.15, 0.2) is 0 Å². The number of rotatable bonds is 5. The van der Waals surface area contributed by atoms with Crippen LogP contribution in [0.2, 0.25) is 0 Å². The maximum Gasteiger partial charge on any atom is 0.224 e. The smallest absolute Gasteiger partial charge is 0.224 e. The Morgan fingerprint density at radius 3 is 2.53 bits per heavy atom. The Balaban J connectivity index is 2.49. The molecule has 17 heavy (non-hydrogen) atoms. The van der Waals surface area contributed by atoms with E-state index in [4.69, 9.17) is 10.8 Å². The number of hydrogen-bond acceptors (Lipinski definition) is 2. The predicted octanol–water partition coefficient (Wildman–Crippen LogP) is 2.39. The van der Waals surface area contributed by atoms with Crippen molar-refractivity contribution in [1.29, 1.82) is 0 Å². The maximum atomic E-state index is 11.0. The highest BCUT2D eigenvalue weighted by molar-refractivity contribution is 5.79. The van der Waals surface area contributed by atoms with E-state index in [1.165, 1.54) is 5.56 Å². The number of benzene rings is 1. The molecule has 1 aromatic carbocycles. The van der Waals surface area contributed by atoms with E-state index in [9.17, 15) is 4.79 Å². The van der Waals surface area contributed by atoms with Crippen LogP contribution in [-0.4, -0.2) is 11.0 Å². The topological polar surface area (TPSA) is 63.3 Å². The van der Waals surface area contributed by atoms with Crippen molar-refractivity contribution in [3.63, 3.8) is 0 Å². The van der Waals surface area contributed by atoms with Crippen molar-refractivity contribution in [2.75, 3.05) is 0 Å². The second-order valence-corrected chi connectivity index (χ2v) is 4.28. The normalized spacial score (nSPS) is 13.4. The number of aromatic hydroxyl groups is 1. The van der Waals surface area contributed by atoms with E-state index in [1.54, 1.807) is 12.1 Å². The summed E-state index contributed by atoms with van der Waals surface area (Å²) in [7, 11) is 0. The molecule has 92 valence electrons. The molecule has 0 saturated carbocycles. The summed E-state index contributed by atoms with van der Waals surface area (Å²) in [6.45, 7) is 3.74. The zero-order valence-corrected chi connectivity index (χ0v) is 10.3. The Bertz CT molecular complexity index is 407. The summed E-state index contributed by atoms with van der Waals surface area (Å²) in [5, 5.41) is 9.14. The molecule has 3 nitrogen and oxygen atoms in total. The van der Waals surface area contributed by atoms with Crippen LogP contribution in [0.15, 0.2) is 35.9 Å². The summed E-state index contributed by atoms with van der Waals surface area (Å²) < 4.78 is 0. The highest BCUT2D eigenvalue weighted by Gasteiger charge is 2.09. The molecule has 0 aromatic heterocycles. The van der Waals surface area contributed by atoms with Gasteiger partial charge in [-0.25, -0.2) is 0 Å². The van der Waals surface area contributed by atoms with E-state index < -0.39 is 0 Å². The van der Waals surface area contributed by atoms with E-state index in [0.29, 0.717) is 0 Å². The van der Waals surface area contributed by atoms with Gasteiger partial charge in [-0.15, -0.1) is 0 Å². The molecule has 0 bridgehead atoms. The minimum atomic E-state index is -0.289. The van der Waals surface area contributed by atoms with Crippen molar-refractivity contribution in [3.8, 4) is 5.75 Å². The van der Waals surface area contributed by atoms with Crippen molar-refractivity contribution < 1.29 is 9.90 Å². The Hall–Kier alpha value is -1.77. The van der Waals surface area contributed by atoms with Gasteiger partial charge in [0.2, 0.25) is 5.91 Å². The fourth-order valence-electron chi connectivity index (χ4n) is 1.53. The van der Waals surface area contributed by atoms with E-state index in [-0.39, 0.29) is 17.6 Å². The molecule has 0 heterocycles. The van der Waals surface area contributed by atoms with Gasteiger partial charge in [0.25, 0.3) is 0 Å². The van der Waals surface area contributed by atoms with Crippen LogP contribution < -0.4 is 5.73 Å². The minimum Gasteiger partial charge on any atom is -0.508 e. The van der Waals surface area contributed by atoms with Crippen LogP contribution in [0.5, 0.6) is 5.75 Å². The first-order valence-electron chi connectivity index (χ1n) is 5.74. The average Bonchev–Trinajstić information content (AvgIpc) is 2.30. The number of phenolic OH excluding ortho intramolecular Hbond substituents is 1. The molecule has 1 rings (SSSR count). The third-order valence-electron chi connectivity index (χ3n) is 2.95. The number of primary amides is 1. The van der Waals surface area contributed by atoms with Gasteiger partial charge in [-0.1, -0.05) is 23.8 Å². The van der Waals surface area contributed by atoms with Crippen molar-refractivity contribution in [2.24, 2.45) is 11.7 Å². The molecule has 1 amide bonds. The molecular formula is C14H19NO2.